The first kappa shape index (κ1) is 18.2. The second kappa shape index (κ2) is 8.65. The number of nitrogens with one attached hydrogen (secondary N) is 1. The number of aliphatic hydroxyl groups is 1. The zero-order valence-corrected chi connectivity index (χ0v) is 13.8. The number of nitrogens with zero attached hydrogens (tertiary/aromatic N) is 1. The van der Waals surface area contributed by atoms with Gasteiger partial charge in [-0.25, -0.2) is 4.79 Å². The van der Waals surface area contributed by atoms with Crippen LogP contribution in [0.4, 0.5) is 0 Å². The average molecular weight is 336 g/mol. The standard InChI is InChI=1S/C17H24N2O5/c1-12(20)18-14-6-8-19(9-7-15(14)21)10-13-4-2-3-5-16(13)24-11-17(22)23/h2-5,14-15,21H,6-11H2,1H3,(H,18,20)(H,22,23)/t14-,15-/m0/s1. The fourth-order valence-corrected chi connectivity index (χ4v) is 2.89. The third-order valence-corrected chi connectivity index (χ3v) is 4.07. The predicted molar refractivity (Wildman–Crippen MR) is 87.7 cm³/mol. The van der Waals surface area contributed by atoms with Crippen LogP contribution in [0.3, 0.4) is 0 Å². The van der Waals surface area contributed by atoms with Crippen molar-refractivity contribution in [1.29, 1.82) is 0 Å². The topological polar surface area (TPSA) is 99.1 Å². The lowest BCUT2D eigenvalue weighted by Crippen LogP contribution is -2.42. The van der Waals surface area contributed by atoms with E-state index in [4.69, 9.17) is 9.84 Å². The van der Waals surface area contributed by atoms with Gasteiger partial charge >= 0.3 is 5.97 Å². The molecule has 132 valence electrons. The van der Waals surface area contributed by atoms with Crippen LogP contribution in [0, 0.1) is 0 Å². The predicted octanol–water partition coefficient (Wildman–Crippen LogP) is 0.611. The van der Waals surface area contributed by atoms with E-state index in [0.717, 1.165) is 12.1 Å². The van der Waals surface area contributed by atoms with Crippen molar-refractivity contribution in [3.63, 3.8) is 0 Å². The Morgan fingerprint density at radius 1 is 1.29 bits per heavy atom. The van der Waals surface area contributed by atoms with E-state index in [9.17, 15) is 14.7 Å². The van der Waals surface area contributed by atoms with Crippen LogP contribution in [-0.2, 0) is 16.1 Å². The summed E-state index contributed by atoms with van der Waals surface area (Å²) in [6, 6.07) is 7.12. The van der Waals surface area contributed by atoms with E-state index in [-0.39, 0.29) is 18.6 Å². The maximum Gasteiger partial charge on any atom is 0.341 e. The van der Waals surface area contributed by atoms with Gasteiger partial charge in [-0.15, -0.1) is 0 Å². The number of rotatable bonds is 6. The molecule has 3 N–H and O–H groups in total. The van der Waals surface area contributed by atoms with E-state index in [0.29, 0.717) is 31.7 Å². The minimum atomic E-state index is -1.01. The Kier molecular flexibility index (Phi) is 6.57. The highest BCUT2D eigenvalue weighted by Crippen LogP contribution is 2.22. The van der Waals surface area contributed by atoms with Crippen molar-refractivity contribution in [2.75, 3.05) is 19.7 Å². The molecule has 0 saturated carbocycles. The quantitative estimate of drug-likeness (QED) is 0.704. The zero-order valence-electron chi connectivity index (χ0n) is 13.8. The van der Waals surface area contributed by atoms with Gasteiger partial charge in [-0.05, 0) is 18.9 Å². The van der Waals surface area contributed by atoms with E-state index in [1.807, 2.05) is 12.1 Å². The molecule has 1 aromatic carbocycles. The van der Waals surface area contributed by atoms with Crippen LogP contribution in [0.5, 0.6) is 5.75 Å². The molecule has 0 unspecified atom stereocenters. The minimum Gasteiger partial charge on any atom is -0.482 e. The van der Waals surface area contributed by atoms with Crippen LogP contribution in [0.15, 0.2) is 24.3 Å². The van der Waals surface area contributed by atoms with Gasteiger partial charge in [0.15, 0.2) is 6.61 Å². The molecule has 1 heterocycles. The number of carboxylic acids is 1. The molecule has 1 fully saturated rings. The minimum absolute atomic E-state index is 0.139. The summed E-state index contributed by atoms with van der Waals surface area (Å²) in [6.07, 6.45) is 0.680. The van der Waals surface area contributed by atoms with Crippen molar-refractivity contribution in [3.05, 3.63) is 29.8 Å². The van der Waals surface area contributed by atoms with Crippen molar-refractivity contribution in [1.82, 2.24) is 10.2 Å². The van der Waals surface area contributed by atoms with Crippen molar-refractivity contribution >= 4 is 11.9 Å². The third-order valence-electron chi connectivity index (χ3n) is 4.07. The number of likely N-dealkylation sites (tertiary alicyclic amines) is 1. The number of carbonyl (C=O) groups excluding carboxylic acids is 1. The van der Waals surface area contributed by atoms with Crippen LogP contribution >= 0.6 is 0 Å². The number of para-hydroxylation sites is 1. The molecule has 0 aliphatic carbocycles. The third kappa shape index (κ3) is 5.50. The lowest BCUT2D eigenvalue weighted by atomic mass is 10.1. The molecule has 7 heteroatoms. The summed E-state index contributed by atoms with van der Waals surface area (Å²) >= 11 is 0. The number of ether oxygens (including phenoxy) is 1. The highest BCUT2D eigenvalue weighted by molar-refractivity contribution is 5.73. The Morgan fingerprint density at radius 2 is 2.00 bits per heavy atom. The van der Waals surface area contributed by atoms with E-state index >= 15 is 0 Å². The molecule has 1 amide bonds. The number of aliphatic carboxylic acids is 1. The lowest BCUT2D eigenvalue weighted by molar-refractivity contribution is -0.139. The van der Waals surface area contributed by atoms with Crippen LogP contribution < -0.4 is 10.1 Å². The Hall–Kier alpha value is -2.12. The summed E-state index contributed by atoms with van der Waals surface area (Å²) in [5, 5.41) is 21.7. The first-order valence-electron chi connectivity index (χ1n) is 8.05. The van der Waals surface area contributed by atoms with E-state index in [1.54, 1.807) is 12.1 Å². The highest BCUT2D eigenvalue weighted by Gasteiger charge is 2.25. The van der Waals surface area contributed by atoms with Gasteiger partial charge in [-0.3, -0.25) is 9.69 Å². The van der Waals surface area contributed by atoms with Gasteiger partial charge in [0, 0.05) is 32.1 Å². The number of benzene rings is 1. The lowest BCUT2D eigenvalue weighted by Gasteiger charge is -2.21. The summed E-state index contributed by atoms with van der Waals surface area (Å²) in [5.74, 6) is -0.594. The fourth-order valence-electron chi connectivity index (χ4n) is 2.89. The Labute approximate surface area is 141 Å². The number of hydrogen-bond acceptors (Lipinski definition) is 5. The molecule has 1 aliphatic heterocycles. The van der Waals surface area contributed by atoms with Gasteiger partial charge in [0.05, 0.1) is 12.1 Å². The zero-order chi connectivity index (χ0) is 17.5. The molecule has 1 aromatic rings. The molecule has 2 rings (SSSR count). The Bertz CT molecular complexity index is 578. The van der Waals surface area contributed by atoms with Crippen LogP contribution in [0.25, 0.3) is 0 Å². The molecule has 1 aliphatic rings. The molecule has 0 spiro atoms. The van der Waals surface area contributed by atoms with Crippen LogP contribution in [0.2, 0.25) is 0 Å². The Balaban J connectivity index is 1.98. The molecule has 1 saturated heterocycles. The van der Waals surface area contributed by atoms with E-state index in [2.05, 4.69) is 10.2 Å². The number of carboxylic acid groups (broad SMARTS) is 1. The normalized spacial score (nSPS) is 21.8. The van der Waals surface area contributed by atoms with E-state index < -0.39 is 12.1 Å². The Morgan fingerprint density at radius 3 is 2.71 bits per heavy atom. The SMILES string of the molecule is CC(=O)N[C@H]1CCN(Cc2ccccc2OCC(=O)O)CC[C@@H]1O. The smallest absolute Gasteiger partial charge is 0.341 e. The highest BCUT2D eigenvalue weighted by atomic mass is 16.5. The fraction of sp³-hybridized carbons (Fsp3) is 0.529. The summed E-state index contributed by atoms with van der Waals surface area (Å²) in [7, 11) is 0. The van der Waals surface area contributed by atoms with Gasteiger partial charge in [-0.2, -0.15) is 0 Å². The number of amides is 1. The van der Waals surface area contributed by atoms with Gasteiger partial charge < -0.3 is 20.3 Å². The van der Waals surface area contributed by atoms with Gasteiger partial charge in [0.25, 0.3) is 0 Å². The van der Waals surface area contributed by atoms with E-state index in [1.165, 1.54) is 6.92 Å². The molecule has 24 heavy (non-hydrogen) atoms. The van der Waals surface area contributed by atoms with Crippen molar-refractivity contribution in [2.45, 2.75) is 38.5 Å². The van der Waals surface area contributed by atoms with Crippen LogP contribution in [0.1, 0.15) is 25.3 Å². The molecular formula is C17H24N2O5. The number of carbonyl (C=O) groups is 2. The molecule has 2 atom stereocenters. The average Bonchev–Trinajstić information content (AvgIpc) is 2.69. The largest absolute Gasteiger partial charge is 0.482 e. The second-order valence-electron chi connectivity index (χ2n) is 6.02. The molecular weight excluding hydrogens is 312 g/mol. The number of hydrogen-bond donors (Lipinski definition) is 3. The van der Waals surface area contributed by atoms with Crippen molar-refractivity contribution < 1.29 is 24.5 Å². The van der Waals surface area contributed by atoms with Gasteiger partial charge in [0.1, 0.15) is 5.75 Å². The van der Waals surface area contributed by atoms with Crippen LogP contribution in [-0.4, -0.2) is 58.8 Å². The second-order valence-corrected chi connectivity index (χ2v) is 6.02. The molecule has 0 bridgehead atoms. The summed E-state index contributed by atoms with van der Waals surface area (Å²) in [4.78, 5) is 24.1. The maximum absolute atomic E-state index is 11.2. The molecule has 0 radical (unpaired) electrons. The first-order valence-corrected chi connectivity index (χ1v) is 8.05. The molecule has 7 nitrogen and oxygen atoms in total. The monoisotopic (exact) mass is 336 g/mol. The first-order chi connectivity index (χ1) is 11.5. The van der Waals surface area contributed by atoms with Crippen molar-refractivity contribution in [3.8, 4) is 5.75 Å². The number of aliphatic hydroxyl groups excluding tert-OH is 1. The summed E-state index contributed by atoms with van der Waals surface area (Å²) in [6.45, 7) is 3.11. The summed E-state index contributed by atoms with van der Waals surface area (Å²) < 4.78 is 5.33. The maximum atomic E-state index is 11.2. The summed E-state index contributed by atoms with van der Waals surface area (Å²) in [5.41, 5.74) is 0.909. The van der Waals surface area contributed by atoms with Gasteiger partial charge in [-0.1, -0.05) is 18.2 Å². The molecule has 0 aromatic heterocycles. The van der Waals surface area contributed by atoms with Crippen molar-refractivity contribution in [2.24, 2.45) is 0 Å². The van der Waals surface area contributed by atoms with Gasteiger partial charge in [0.2, 0.25) is 5.91 Å².